The molecule has 118 valence electrons. The topological polar surface area (TPSA) is 63.7 Å². The molecular formula is C16H19NO4S. The fourth-order valence-electron chi connectivity index (χ4n) is 2.18. The molecule has 0 radical (unpaired) electrons. The van der Waals surface area contributed by atoms with Gasteiger partial charge in [0, 0.05) is 20.0 Å². The van der Waals surface area contributed by atoms with Crippen LogP contribution in [0.2, 0.25) is 0 Å². The maximum absolute atomic E-state index is 12.5. The van der Waals surface area contributed by atoms with Gasteiger partial charge in [-0.2, -0.15) is 0 Å². The van der Waals surface area contributed by atoms with Gasteiger partial charge in [0.25, 0.3) is 0 Å². The van der Waals surface area contributed by atoms with Crippen molar-refractivity contribution in [2.75, 3.05) is 20.7 Å². The molecule has 0 spiro atoms. The fourth-order valence-corrected chi connectivity index (χ4v) is 3.42. The summed E-state index contributed by atoms with van der Waals surface area (Å²) < 4.78 is 30.9. The Hall–Kier alpha value is -1.92. The summed E-state index contributed by atoms with van der Waals surface area (Å²) in [6.45, 7) is 0.268. The van der Waals surface area contributed by atoms with E-state index in [-0.39, 0.29) is 23.8 Å². The highest BCUT2D eigenvalue weighted by Crippen LogP contribution is 2.21. The Morgan fingerprint density at radius 3 is 2.50 bits per heavy atom. The Kier molecular flexibility index (Phi) is 5.15. The number of fused-ring (bicyclic) bond motifs is 1. The van der Waals surface area contributed by atoms with E-state index in [2.05, 4.69) is 4.74 Å². The molecule has 0 aliphatic heterocycles. The third-order valence-corrected chi connectivity index (χ3v) is 5.36. The second-order valence-corrected chi connectivity index (χ2v) is 7.06. The van der Waals surface area contributed by atoms with Gasteiger partial charge in [-0.25, -0.2) is 12.7 Å². The first-order chi connectivity index (χ1) is 10.4. The predicted molar refractivity (Wildman–Crippen MR) is 85.0 cm³/mol. The first kappa shape index (κ1) is 16.5. The number of carbonyl (C=O) groups excluding carboxylic acids is 1. The highest BCUT2D eigenvalue weighted by Gasteiger charge is 2.20. The summed E-state index contributed by atoms with van der Waals surface area (Å²) in [6.07, 6.45) is 0.629. The van der Waals surface area contributed by atoms with Crippen LogP contribution in [0.3, 0.4) is 0 Å². The Bertz CT molecular complexity index is 771. The lowest BCUT2D eigenvalue weighted by Gasteiger charge is -2.17. The lowest BCUT2D eigenvalue weighted by Crippen LogP contribution is -2.28. The summed E-state index contributed by atoms with van der Waals surface area (Å²) in [5, 5.41) is 1.88. The van der Waals surface area contributed by atoms with Crippen LogP contribution in [0.1, 0.15) is 12.8 Å². The van der Waals surface area contributed by atoms with E-state index in [0.717, 1.165) is 10.8 Å². The van der Waals surface area contributed by atoms with Gasteiger partial charge in [0.05, 0.1) is 12.0 Å². The third kappa shape index (κ3) is 3.64. The molecule has 2 aromatic rings. The number of carbonyl (C=O) groups is 1. The molecule has 0 saturated heterocycles. The molecule has 0 atom stereocenters. The minimum atomic E-state index is -3.55. The van der Waals surface area contributed by atoms with Crippen LogP contribution in [-0.2, 0) is 19.6 Å². The molecule has 0 amide bonds. The van der Waals surface area contributed by atoms with Crippen molar-refractivity contribution < 1.29 is 17.9 Å². The Balaban J connectivity index is 2.15. The van der Waals surface area contributed by atoms with Crippen LogP contribution < -0.4 is 0 Å². The molecule has 2 aromatic carbocycles. The quantitative estimate of drug-likeness (QED) is 0.767. The van der Waals surface area contributed by atoms with Gasteiger partial charge in [-0.3, -0.25) is 4.79 Å². The fraction of sp³-hybridized carbons (Fsp3) is 0.312. The van der Waals surface area contributed by atoms with E-state index in [1.165, 1.54) is 18.5 Å². The molecule has 0 unspecified atom stereocenters. The van der Waals surface area contributed by atoms with E-state index in [1.807, 2.05) is 24.3 Å². The lowest BCUT2D eigenvalue weighted by molar-refractivity contribution is -0.140. The van der Waals surface area contributed by atoms with Crippen molar-refractivity contribution >= 4 is 26.8 Å². The molecule has 6 heteroatoms. The zero-order valence-corrected chi connectivity index (χ0v) is 13.5. The Morgan fingerprint density at radius 2 is 1.82 bits per heavy atom. The van der Waals surface area contributed by atoms with Crippen molar-refractivity contribution in [3.05, 3.63) is 42.5 Å². The number of nitrogens with zero attached hydrogens (tertiary/aromatic N) is 1. The van der Waals surface area contributed by atoms with Crippen LogP contribution in [-0.4, -0.2) is 39.4 Å². The number of hydrogen-bond donors (Lipinski definition) is 0. The number of sulfonamides is 1. The summed E-state index contributed by atoms with van der Waals surface area (Å²) in [7, 11) is -0.721. The van der Waals surface area contributed by atoms with Crippen molar-refractivity contribution in [1.82, 2.24) is 4.31 Å². The van der Waals surface area contributed by atoms with Gasteiger partial charge in [0.15, 0.2) is 0 Å². The van der Waals surface area contributed by atoms with Gasteiger partial charge in [-0.1, -0.05) is 30.3 Å². The molecule has 0 aromatic heterocycles. The molecule has 22 heavy (non-hydrogen) atoms. The maximum Gasteiger partial charge on any atom is 0.305 e. The van der Waals surface area contributed by atoms with Gasteiger partial charge in [0.2, 0.25) is 10.0 Å². The van der Waals surface area contributed by atoms with E-state index in [1.54, 1.807) is 18.2 Å². The van der Waals surface area contributed by atoms with Crippen LogP contribution >= 0.6 is 0 Å². The normalized spacial score (nSPS) is 11.8. The Morgan fingerprint density at radius 1 is 1.14 bits per heavy atom. The average Bonchev–Trinajstić information content (AvgIpc) is 2.53. The summed E-state index contributed by atoms with van der Waals surface area (Å²) in [4.78, 5) is 11.3. The predicted octanol–water partition coefficient (Wildman–Crippen LogP) is 2.41. The highest BCUT2D eigenvalue weighted by atomic mass is 32.2. The molecule has 2 rings (SSSR count). The molecule has 0 saturated carbocycles. The average molecular weight is 321 g/mol. The van der Waals surface area contributed by atoms with Crippen LogP contribution in [0.25, 0.3) is 10.8 Å². The van der Waals surface area contributed by atoms with Crippen molar-refractivity contribution in [2.24, 2.45) is 0 Å². The summed E-state index contributed by atoms with van der Waals surface area (Å²) in [5.41, 5.74) is 0. The first-order valence-corrected chi connectivity index (χ1v) is 8.41. The van der Waals surface area contributed by atoms with Crippen molar-refractivity contribution in [3.63, 3.8) is 0 Å². The van der Waals surface area contributed by atoms with E-state index in [0.29, 0.717) is 6.42 Å². The van der Waals surface area contributed by atoms with E-state index >= 15 is 0 Å². The molecule has 0 N–H and O–H groups in total. The number of ether oxygens (including phenoxy) is 1. The smallest absolute Gasteiger partial charge is 0.305 e. The molecule has 0 fully saturated rings. The molecule has 0 aliphatic rings. The van der Waals surface area contributed by atoms with Gasteiger partial charge < -0.3 is 4.74 Å². The zero-order chi connectivity index (χ0) is 16.2. The highest BCUT2D eigenvalue weighted by molar-refractivity contribution is 7.89. The first-order valence-electron chi connectivity index (χ1n) is 6.97. The second kappa shape index (κ2) is 6.89. The van der Waals surface area contributed by atoms with Crippen molar-refractivity contribution in [2.45, 2.75) is 17.7 Å². The number of rotatable bonds is 6. The van der Waals surface area contributed by atoms with Crippen molar-refractivity contribution in [1.29, 1.82) is 0 Å². The van der Waals surface area contributed by atoms with Gasteiger partial charge >= 0.3 is 5.97 Å². The van der Waals surface area contributed by atoms with Crippen LogP contribution in [0.4, 0.5) is 0 Å². The minimum absolute atomic E-state index is 0.202. The number of methoxy groups -OCH3 is 1. The van der Waals surface area contributed by atoms with Gasteiger partial charge in [-0.15, -0.1) is 0 Å². The molecule has 0 bridgehead atoms. The monoisotopic (exact) mass is 321 g/mol. The number of esters is 1. The van der Waals surface area contributed by atoms with Crippen LogP contribution in [0, 0.1) is 0 Å². The largest absolute Gasteiger partial charge is 0.469 e. The number of benzene rings is 2. The van der Waals surface area contributed by atoms with Crippen molar-refractivity contribution in [3.8, 4) is 0 Å². The summed E-state index contributed by atoms with van der Waals surface area (Å²) >= 11 is 0. The molecule has 0 aliphatic carbocycles. The van der Waals surface area contributed by atoms with E-state index in [9.17, 15) is 13.2 Å². The molecule has 0 heterocycles. The van der Waals surface area contributed by atoms with E-state index < -0.39 is 10.0 Å². The second-order valence-electron chi connectivity index (χ2n) is 5.02. The van der Waals surface area contributed by atoms with Gasteiger partial charge in [0.1, 0.15) is 0 Å². The lowest BCUT2D eigenvalue weighted by atomic mass is 10.1. The minimum Gasteiger partial charge on any atom is -0.469 e. The van der Waals surface area contributed by atoms with Crippen LogP contribution in [0.5, 0.6) is 0 Å². The maximum atomic E-state index is 12.5. The summed E-state index contributed by atoms with van der Waals surface area (Å²) in [5.74, 6) is -0.337. The molecular weight excluding hydrogens is 302 g/mol. The standard InChI is InChI=1S/C16H19NO4S/c1-17(11-5-8-16(18)21-2)22(19,20)15-10-9-13-6-3-4-7-14(13)12-15/h3-4,6-7,9-10,12H,5,8,11H2,1-2H3. The summed E-state index contributed by atoms with van der Waals surface area (Å²) in [6, 6.07) is 12.7. The number of hydrogen-bond acceptors (Lipinski definition) is 4. The third-order valence-electron chi connectivity index (χ3n) is 3.51. The van der Waals surface area contributed by atoms with E-state index in [4.69, 9.17) is 0 Å². The SMILES string of the molecule is COC(=O)CCCN(C)S(=O)(=O)c1ccc2ccccc2c1. The van der Waals surface area contributed by atoms with Crippen LogP contribution in [0.15, 0.2) is 47.4 Å². The zero-order valence-electron chi connectivity index (χ0n) is 12.7. The van der Waals surface area contributed by atoms with Gasteiger partial charge in [-0.05, 0) is 29.3 Å². The Labute approximate surface area is 130 Å². The molecule has 5 nitrogen and oxygen atoms in total.